The summed E-state index contributed by atoms with van der Waals surface area (Å²) in [6.07, 6.45) is -4.56. The van der Waals surface area contributed by atoms with Crippen LogP contribution in [0.25, 0.3) is 22.0 Å². The van der Waals surface area contributed by atoms with Crippen LogP contribution in [0.2, 0.25) is 5.15 Å². The van der Waals surface area contributed by atoms with E-state index in [4.69, 9.17) is 11.6 Å². The summed E-state index contributed by atoms with van der Waals surface area (Å²) in [5, 5.41) is 7.13. The quantitative estimate of drug-likeness (QED) is 0.581. The number of benzene rings is 2. The van der Waals surface area contributed by atoms with Crippen LogP contribution in [-0.4, -0.2) is 10.2 Å². The SMILES string of the molecule is Fc1ccc(-c2nnc(Cl)c3c(C(F)(F)F)cccc23)cc1. The summed E-state index contributed by atoms with van der Waals surface area (Å²) in [4.78, 5) is 0. The van der Waals surface area contributed by atoms with Crippen LogP contribution < -0.4 is 0 Å². The first-order valence-electron chi connectivity index (χ1n) is 6.16. The molecule has 0 saturated carbocycles. The van der Waals surface area contributed by atoms with Crippen molar-refractivity contribution in [1.29, 1.82) is 0 Å². The zero-order valence-electron chi connectivity index (χ0n) is 10.8. The summed E-state index contributed by atoms with van der Waals surface area (Å²) in [6, 6.07) is 8.93. The third-order valence-electron chi connectivity index (χ3n) is 3.19. The van der Waals surface area contributed by atoms with Crippen LogP contribution in [0, 0.1) is 5.82 Å². The van der Waals surface area contributed by atoms with Crippen LogP contribution in [0.3, 0.4) is 0 Å². The molecule has 0 atom stereocenters. The number of aromatic nitrogens is 2. The number of hydrogen-bond acceptors (Lipinski definition) is 2. The van der Waals surface area contributed by atoms with Crippen LogP contribution in [-0.2, 0) is 6.18 Å². The molecule has 0 aliphatic rings. The molecule has 7 heteroatoms. The van der Waals surface area contributed by atoms with Crippen molar-refractivity contribution in [2.45, 2.75) is 6.18 Å². The molecule has 0 fully saturated rings. The maximum absolute atomic E-state index is 13.1. The minimum atomic E-state index is -4.56. The van der Waals surface area contributed by atoms with E-state index < -0.39 is 17.6 Å². The maximum Gasteiger partial charge on any atom is 0.417 e. The van der Waals surface area contributed by atoms with Crippen molar-refractivity contribution in [3.05, 3.63) is 59.0 Å². The van der Waals surface area contributed by atoms with E-state index in [0.717, 1.165) is 6.07 Å². The number of fused-ring (bicyclic) bond motifs is 1. The van der Waals surface area contributed by atoms with Gasteiger partial charge in [-0.3, -0.25) is 0 Å². The summed E-state index contributed by atoms with van der Waals surface area (Å²) in [5.74, 6) is -0.453. The Morgan fingerprint density at radius 2 is 1.59 bits per heavy atom. The fraction of sp³-hybridized carbons (Fsp3) is 0.0667. The highest BCUT2D eigenvalue weighted by Gasteiger charge is 2.34. The van der Waals surface area contributed by atoms with Crippen molar-refractivity contribution in [2.75, 3.05) is 0 Å². The van der Waals surface area contributed by atoms with Gasteiger partial charge in [-0.25, -0.2) is 4.39 Å². The lowest BCUT2D eigenvalue weighted by molar-refractivity contribution is -0.136. The largest absolute Gasteiger partial charge is 0.417 e. The molecule has 2 aromatic carbocycles. The highest BCUT2D eigenvalue weighted by atomic mass is 35.5. The molecule has 0 spiro atoms. The molecular weight excluding hydrogens is 320 g/mol. The Labute approximate surface area is 127 Å². The Bertz CT molecular complexity index is 845. The van der Waals surface area contributed by atoms with Gasteiger partial charge in [-0.2, -0.15) is 13.2 Å². The molecule has 112 valence electrons. The normalized spacial score (nSPS) is 11.9. The third kappa shape index (κ3) is 2.50. The van der Waals surface area contributed by atoms with E-state index in [1.807, 2.05) is 0 Å². The molecule has 0 saturated heterocycles. The predicted molar refractivity (Wildman–Crippen MR) is 74.9 cm³/mol. The Morgan fingerprint density at radius 1 is 0.909 bits per heavy atom. The molecular formula is C15H7ClF4N2. The molecule has 0 aliphatic carbocycles. The van der Waals surface area contributed by atoms with E-state index in [9.17, 15) is 17.6 Å². The van der Waals surface area contributed by atoms with Crippen LogP contribution >= 0.6 is 11.6 Å². The van der Waals surface area contributed by atoms with Crippen molar-refractivity contribution < 1.29 is 17.6 Å². The van der Waals surface area contributed by atoms with Crippen LogP contribution in [0.5, 0.6) is 0 Å². The first-order chi connectivity index (χ1) is 10.4. The summed E-state index contributed by atoms with van der Waals surface area (Å²) < 4.78 is 52.4. The monoisotopic (exact) mass is 326 g/mol. The zero-order valence-corrected chi connectivity index (χ0v) is 11.6. The number of halogens is 5. The number of hydrogen-bond donors (Lipinski definition) is 0. The average Bonchev–Trinajstić information content (AvgIpc) is 2.47. The van der Waals surface area contributed by atoms with E-state index in [1.54, 1.807) is 0 Å². The Kier molecular flexibility index (Phi) is 3.48. The number of rotatable bonds is 1. The standard InChI is InChI=1S/C15H7ClF4N2/c16-14-12-10(2-1-3-11(12)15(18,19)20)13(21-22-14)8-4-6-9(17)7-5-8/h1-7H. The second-order valence-electron chi connectivity index (χ2n) is 4.57. The predicted octanol–water partition coefficient (Wildman–Crippen LogP) is 5.11. The number of alkyl halides is 3. The Balaban J connectivity index is 2.35. The van der Waals surface area contributed by atoms with E-state index in [0.29, 0.717) is 5.56 Å². The second-order valence-corrected chi connectivity index (χ2v) is 4.93. The molecule has 3 rings (SSSR count). The minimum Gasteiger partial charge on any atom is -0.207 e. The lowest BCUT2D eigenvalue weighted by Gasteiger charge is -2.13. The summed E-state index contributed by atoms with van der Waals surface area (Å²) in [6.45, 7) is 0. The molecule has 22 heavy (non-hydrogen) atoms. The fourth-order valence-corrected chi connectivity index (χ4v) is 2.47. The van der Waals surface area contributed by atoms with E-state index >= 15 is 0 Å². The van der Waals surface area contributed by atoms with Crippen molar-refractivity contribution in [2.24, 2.45) is 0 Å². The molecule has 2 nitrogen and oxygen atoms in total. The minimum absolute atomic E-state index is 0.210. The van der Waals surface area contributed by atoms with Gasteiger partial charge >= 0.3 is 6.18 Å². The van der Waals surface area contributed by atoms with Gasteiger partial charge in [0.1, 0.15) is 11.5 Å². The third-order valence-corrected chi connectivity index (χ3v) is 3.45. The zero-order chi connectivity index (χ0) is 15.9. The highest BCUT2D eigenvalue weighted by molar-refractivity contribution is 6.34. The first kappa shape index (κ1) is 14.7. The van der Waals surface area contributed by atoms with Gasteiger partial charge in [0.15, 0.2) is 5.15 Å². The molecule has 0 bridgehead atoms. The van der Waals surface area contributed by atoms with Gasteiger partial charge in [0.2, 0.25) is 0 Å². The summed E-state index contributed by atoms with van der Waals surface area (Å²) in [5.41, 5.74) is -0.214. The summed E-state index contributed by atoms with van der Waals surface area (Å²) in [7, 11) is 0. The van der Waals surface area contributed by atoms with Crippen molar-refractivity contribution in [1.82, 2.24) is 10.2 Å². The second kappa shape index (κ2) is 5.21. The first-order valence-corrected chi connectivity index (χ1v) is 6.54. The van der Waals surface area contributed by atoms with Gasteiger partial charge in [0.05, 0.1) is 5.56 Å². The lowest BCUT2D eigenvalue weighted by atomic mass is 10.0. The van der Waals surface area contributed by atoms with E-state index in [1.165, 1.54) is 36.4 Å². The van der Waals surface area contributed by atoms with Crippen molar-refractivity contribution in [3.63, 3.8) is 0 Å². The van der Waals surface area contributed by atoms with E-state index in [-0.39, 0.29) is 21.6 Å². The van der Waals surface area contributed by atoms with Crippen molar-refractivity contribution in [3.8, 4) is 11.3 Å². The molecule has 0 unspecified atom stereocenters. The Hall–Kier alpha value is -2.21. The van der Waals surface area contributed by atoms with Gasteiger partial charge < -0.3 is 0 Å². The molecule has 0 radical (unpaired) electrons. The molecule has 1 aromatic heterocycles. The maximum atomic E-state index is 13.1. The van der Waals surface area contributed by atoms with Crippen LogP contribution in [0.4, 0.5) is 17.6 Å². The molecule has 3 aromatic rings. The highest BCUT2D eigenvalue weighted by Crippen LogP contribution is 2.39. The van der Waals surface area contributed by atoms with Gasteiger partial charge in [-0.15, -0.1) is 10.2 Å². The van der Waals surface area contributed by atoms with Crippen LogP contribution in [0.1, 0.15) is 5.56 Å². The van der Waals surface area contributed by atoms with Crippen LogP contribution in [0.15, 0.2) is 42.5 Å². The topological polar surface area (TPSA) is 25.8 Å². The molecule has 0 amide bonds. The fourth-order valence-electron chi connectivity index (χ4n) is 2.23. The van der Waals surface area contributed by atoms with Gasteiger partial charge in [-0.1, -0.05) is 23.7 Å². The molecule has 1 heterocycles. The van der Waals surface area contributed by atoms with Crippen molar-refractivity contribution >= 4 is 22.4 Å². The van der Waals surface area contributed by atoms with Gasteiger partial charge in [0.25, 0.3) is 0 Å². The summed E-state index contributed by atoms with van der Waals surface area (Å²) >= 11 is 5.82. The van der Waals surface area contributed by atoms with Gasteiger partial charge in [-0.05, 0) is 30.3 Å². The molecule has 0 aliphatic heterocycles. The average molecular weight is 327 g/mol. The number of nitrogens with zero attached hydrogens (tertiary/aromatic N) is 2. The molecule has 0 N–H and O–H groups in total. The smallest absolute Gasteiger partial charge is 0.207 e. The Morgan fingerprint density at radius 3 is 2.23 bits per heavy atom. The lowest BCUT2D eigenvalue weighted by Crippen LogP contribution is -2.07. The van der Waals surface area contributed by atoms with E-state index in [2.05, 4.69) is 10.2 Å². The van der Waals surface area contributed by atoms with Gasteiger partial charge in [0, 0.05) is 16.3 Å².